The Morgan fingerprint density at radius 3 is 2.19 bits per heavy atom. The molecule has 4 heterocycles. The van der Waals surface area contributed by atoms with Crippen LogP contribution in [0.5, 0.6) is 5.75 Å². The minimum Gasteiger partial charge on any atom is -0.489 e. The van der Waals surface area contributed by atoms with Crippen molar-refractivity contribution in [2.75, 3.05) is 50.7 Å². The fraction of sp³-hybridized carbons (Fsp3) is 0.432. The monoisotopic (exact) mass is 819 g/mol. The molecule has 4 aliphatic heterocycles. The number of nitriles is 1. The van der Waals surface area contributed by atoms with Gasteiger partial charge in [-0.3, -0.25) is 43.9 Å². The summed E-state index contributed by atoms with van der Waals surface area (Å²) >= 11 is 6.23. The summed E-state index contributed by atoms with van der Waals surface area (Å²) in [4.78, 5) is 84.6. The van der Waals surface area contributed by atoms with Crippen LogP contribution >= 0.6 is 11.6 Å². The number of ether oxygens (including phenoxy) is 1. The molecular formula is C44H46ClN7O7. The number of imide groups is 2. The van der Waals surface area contributed by atoms with Crippen LogP contribution < -0.4 is 20.3 Å². The molecule has 1 saturated carbocycles. The number of rotatable bonds is 9. The Kier molecular flexibility index (Phi) is 10.2. The molecule has 4 fully saturated rings. The van der Waals surface area contributed by atoms with Gasteiger partial charge in [0, 0.05) is 97.9 Å². The minimum atomic E-state index is -0.995. The van der Waals surface area contributed by atoms with Crippen molar-refractivity contribution >= 4 is 52.7 Å². The molecule has 8 rings (SSSR count). The van der Waals surface area contributed by atoms with Gasteiger partial charge < -0.3 is 19.9 Å². The Bertz CT molecular complexity index is 2290. The van der Waals surface area contributed by atoms with E-state index in [-0.39, 0.29) is 47.9 Å². The van der Waals surface area contributed by atoms with E-state index in [9.17, 15) is 34.0 Å². The van der Waals surface area contributed by atoms with Crippen molar-refractivity contribution in [1.82, 2.24) is 25.3 Å². The fourth-order valence-corrected chi connectivity index (χ4v) is 10.0. The molecule has 59 heavy (non-hydrogen) atoms. The number of piperidine rings is 1. The average molecular weight is 820 g/mol. The smallest absolute Gasteiger partial charge is 0.262 e. The van der Waals surface area contributed by atoms with Crippen LogP contribution in [0, 0.1) is 28.1 Å². The lowest BCUT2D eigenvalue weighted by Gasteiger charge is -2.63. The number of halogens is 1. The molecule has 3 aromatic rings. The van der Waals surface area contributed by atoms with Crippen LogP contribution in [-0.2, 0) is 9.59 Å². The highest BCUT2D eigenvalue weighted by Gasteiger charge is 2.64. The number of nitrogens with zero attached hydrogens (tertiary/aromatic N) is 5. The highest BCUT2D eigenvalue weighted by atomic mass is 35.5. The normalized spacial score (nSPS) is 23.8. The van der Waals surface area contributed by atoms with Gasteiger partial charge in [-0.2, -0.15) is 5.26 Å². The van der Waals surface area contributed by atoms with E-state index in [1.807, 2.05) is 38.7 Å². The predicted molar refractivity (Wildman–Crippen MR) is 217 cm³/mol. The van der Waals surface area contributed by atoms with Gasteiger partial charge in [0.2, 0.25) is 11.8 Å². The second-order valence-corrected chi connectivity index (χ2v) is 17.8. The molecule has 1 unspecified atom stereocenters. The average Bonchev–Trinajstić information content (AvgIpc) is 3.44. The number of hydrogen-bond donors (Lipinski definition) is 2. The van der Waals surface area contributed by atoms with Gasteiger partial charge in [-0.15, -0.1) is 0 Å². The van der Waals surface area contributed by atoms with Gasteiger partial charge in [0.1, 0.15) is 24.0 Å². The van der Waals surface area contributed by atoms with Crippen LogP contribution in [-0.4, -0.2) is 114 Å². The summed E-state index contributed by atoms with van der Waals surface area (Å²) in [6.45, 7) is 13.3. The number of nitrogens with one attached hydrogen (secondary N) is 2. The third-order valence-electron chi connectivity index (χ3n) is 12.7. The van der Waals surface area contributed by atoms with Crippen molar-refractivity contribution in [2.24, 2.45) is 16.7 Å². The summed E-state index contributed by atoms with van der Waals surface area (Å²) in [5, 5.41) is 15.0. The largest absolute Gasteiger partial charge is 0.489 e. The van der Waals surface area contributed by atoms with Crippen LogP contribution in [0.4, 0.5) is 5.69 Å². The summed E-state index contributed by atoms with van der Waals surface area (Å²) in [5.74, 6) is -1.40. The second kappa shape index (κ2) is 15.1. The zero-order valence-electron chi connectivity index (χ0n) is 33.4. The highest BCUT2D eigenvalue weighted by molar-refractivity contribution is 6.31. The Labute approximate surface area is 347 Å². The number of carbonyl (C=O) groups is 6. The second-order valence-electron chi connectivity index (χ2n) is 17.4. The molecule has 5 aliphatic rings. The van der Waals surface area contributed by atoms with E-state index in [4.69, 9.17) is 16.3 Å². The number of hydrogen-bond acceptors (Lipinski definition) is 10. The van der Waals surface area contributed by atoms with Gasteiger partial charge in [0.25, 0.3) is 23.6 Å². The molecule has 0 spiro atoms. The van der Waals surface area contributed by atoms with E-state index < -0.39 is 40.5 Å². The topological polar surface area (TPSA) is 172 Å². The lowest BCUT2D eigenvalue weighted by molar-refractivity contribution is -0.164. The Morgan fingerprint density at radius 1 is 0.881 bits per heavy atom. The zero-order chi connectivity index (χ0) is 42.0. The van der Waals surface area contributed by atoms with E-state index in [1.54, 1.807) is 54.6 Å². The van der Waals surface area contributed by atoms with Gasteiger partial charge in [-0.1, -0.05) is 39.3 Å². The first-order chi connectivity index (χ1) is 28.1. The standard InChI is InChI=1S/C44H46ClN7O7/c1-43(2)41(44(3,4)42(43)59-30-11-9-28(21-46)33(45)20-30)48-36(54)26-5-7-27(8-6-26)38(56)50-17-15-49(16-18-50)22-25-23-51(24-25)29-10-12-31-32(19-29)40(58)52(39(31)57)34-13-14-35(53)47-37(34)55/h5-12,19-20,25,34,41-42H,13-18,22-24H2,1-4H3,(H,48,54)(H,47,53,55). The zero-order valence-corrected chi connectivity index (χ0v) is 34.2. The molecule has 0 aromatic heterocycles. The van der Waals surface area contributed by atoms with Crippen LogP contribution in [0.25, 0.3) is 0 Å². The predicted octanol–water partition coefficient (Wildman–Crippen LogP) is 4.12. The van der Waals surface area contributed by atoms with Crippen molar-refractivity contribution < 1.29 is 33.5 Å². The first-order valence-corrected chi connectivity index (χ1v) is 20.3. The van der Waals surface area contributed by atoms with Crippen LogP contribution in [0.1, 0.15) is 87.5 Å². The molecule has 6 amide bonds. The molecular weight excluding hydrogens is 774 g/mol. The SMILES string of the molecule is CC1(C)C(NC(=O)c2ccc(C(=O)N3CCN(CC4CN(c5ccc6c(c5)C(=O)N(C5CCC(=O)NC5=O)C6=O)C4)CC3)cc2)C(C)(C)C1Oc1ccc(C#N)c(Cl)c1. The van der Waals surface area contributed by atoms with Crippen molar-refractivity contribution in [1.29, 1.82) is 5.26 Å². The molecule has 15 heteroatoms. The van der Waals surface area contributed by atoms with E-state index in [2.05, 4.69) is 26.5 Å². The lowest BCUT2D eigenvalue weighted by Crippen LogP contribution is -2.74. The van der Waals surface area contributed by atoms with E-state index >= 15 is 0 Å². The Morgan fingerprint density at radius 2 is 1.54 bits per heavy atom. The van der Waals surface area contributed by atoms with Crippen LogP contribution in [0.3, 0.4) is 0 Å². The van der Waals surface area contributed by atoms with E-state index in [0.717, 1.165) is 43.3 Å². The van der Waals surface area contributed by atoms with Gasteiger partial charge in [-0.25, -0.2) is 0 Å². The summed E-state index contributed by atoms with van der Waals surface area (Å²) in [6.07, 6.45) is -0.0388. The number of amides is 6. The Balaban J connectivity index is 0.790. The minimum absolute atomic E-state index is 0.0728. The first kappa shape index (κ1) is 40.0. The molecule has 14 nitrogen and oxygen atoms in total. The van der Waals surface area contributed by atoms with E-state index in [0.29, 0.717) is 46.5 Å². The van der Waals surface area contributed by atoms with Crippen molar-refractivity contribution in [3.8, 4) is 11.8 Å². The third-order valence-corrected chi connectivity index (χ3v) is 13.1. The van der Waals surface area contributed by atoms with Gasteiger partial charge >= 0.3 is 0 Å². The Hall–Kier alpha value is -5.78. The van der Waals surface area contributed by atoms with Gasteiger partial charge in [-0.05, 0) is 61.0 Å². The van der Waals surface area contributed by atoms with Crippen molar-refractivity contribution in [3.05, 3.63) is 93.5 Å². The molecule has 2 N–H and O–H groups in total. The maximum Gasteiger partial charge on any atom is 0.262 e. The molecule has 1 aliphatic carbocycles. The number of carbonyl (C=O) groups excluding carboxylic acids is 6. The molecule has 1 atom stereocenters. The van der Waals surface area contributed by atoms with Crippen molar-refractivity contribution in [3.63, 3.8) is 0 Å². The number of piperazine rings is 1. The quantitative estimate of drug-likeness (QED) is 0.300. The molecule has 3 saturated heterocycles. The summed E-state index contributed by atoms with van der Waals surface area (Å²) in [5.41, 5.74) is 1.92. The molecule has 3 aromatic carbocycles. The fourth-order valence-electron chi connectivity index (χ4n) is 9.81. The highest BCUT2D eigenvalue weighted by Crippen LogP contribution is 2.55. The maximum absolute atomic E-state index is 13.5. The summed E-state index contributed by atoms with van der Waals surface area (Å²) in [6, 6.07) is 17.9. The number of anilines is 1. The van der Waals surface area contributed by atoms with E-state index in [1.165, 1.54) is 0 Å². The van der Waals surface area contributed by atoms with Crippen molar-refractivity contribution in [2.45, 2.75) is 58.7 Å². The van der Waals surface area contributed by atoms with Crippen LogP contribution in [0.2, 0.25) is 5.02 Å². The third kappa shape index (κ3) is 7.20. The molecule has 306 valence electrons. The lowest BCUT2D eigenvalue weighted by atomic mass is 9.49. The van der Waals surface area contributed by atoms with Crippen LogP contribution in [0.15, 0.2) is 60.7 Å². The summed E-state index contributed by atoms with van der Waals surface area (Å²) < 4.78 is 6.35. The first-order valence-electron chi connectivity index (χ1n) is 20.0. The maximum atomic E-state index is 13.5. The van der Waals surface area contributed by atoms with Gasteiger partial charge in [0.15, 0.2) is 0 Å². The van der Waals surface area contributed by atoms with Gasteiger partial charge in [0.05, 0.1) is 21.7 Å². The summed E-state index contributed by atoms with van der Waals surface area (Å²) in [7, 11) is 0. The molecule has 0 bridgehead atoms. The number of benzene rings is 3. The molecule has 0 radical (unpaired) electrons. The number of fused-ring (bicyclic) bond motifs is 1.